The van der Waals surface area contributed by atoms with Gasteiger partial charge in [0.15, 0.2) is 0 Å². The Labute approximate surface area is 95.8 Å². The van der Waals surface area contributed by atoms with Crippen molar-refractivity contribution in [2.45, 2.75) is 18.9 Å². The lowest BCUT2D eigenvalue weighted by molar-refractivity contribution is 0.181. The molecule has 1 aromatic carbocycles. The summed E-state index contributed by atoms with van der Waals surface area (Å²) < 4.78 is 18.2. The van der Waals surface area contributed by atoms with Crippen LogP contribution in [0.2, 0.25) is 0 Å². The predicted octanol–water partition coefficient (Wildman–Crippen LogP) is 2.51. The van der Waals surface area contributed by atoms with Crippen LogP contribution < -0.4 is 5.32 Å². The SMILES string of the molecule is CNC(CC1CCOC1)c1ccc(F)cc1. The summed E-state index contributed by atoms with van der Waals surface area (Å²) in [6.45, 7) is 1.74. The maximum absolute atomic E-state index is 12.8. The number of hydrogen-bond acceptors (Lipinski definition) is 2. The average molecular weight is 223 g/mol. The minimum Gasteiger partial charge on any atom is -0.381 e. The van der Waals surface area contributed by atoms with Gasteiger partial charge in [-0.1, -0.05) is 12.1 Å². The first-order chi connectivity index (χ1) is 7.79. The van der Waals surface area contributed by atoms with Crippen molar-refractivity contribution in [3.05, 3.63) is 35.6 Å². The Hall–Kier alpha value is -0.930. The van der Waals surface area contributed by atoms with Gasteiger partial charge in [0.25, 0.3) is 0 Å². The van der Waals surface area contributed by atoms with Gasteiger partial charge in [-0.05, 0) is 43.5 Å². The van der Waals surface area contributed by atoms with Crippen molar-refractivity contribution in [3.63, 3.8) is 0 Å². The fourth-order valence-corrected chi connectivity index (χ4v) is 2.22. The van der Waals surface area contributed by atoms with Crippen molar-refractivity contribution in [1.29, 1.82) is 0 Å². The summed E-state index contributed by atoms with van der Waals surface area (Å²) in [5, 5.41) is 3.29. The third-order valence-electron chi connectivity index (χ3n) is 3.21. The van der Waals surface area contributed by atoms with Crippen LogP contribution in [0.4, 0.5) is 4.39 Å². The van der Waals surface area contributed by atoms with Crippen LogP contribution in [0.15, 0.2) is 24.3 Å². The Morgan fingerprint density at radius 3 is 2.75 bits per heavy atom. The van der Waals surface area contributed by atoms with E-state index in [9.17, 15) is 4.39 Å². The van der Waals surface area contributed by atoms with E-state index in [1.165, 1.54) is 12.1 Å². The summed E-state index contributed by atoms with van der Waals surface area (Å²) in [6.07, 6.45) is 2.20. The molecule has 1 aromatic rings. The van der Waals surface area contributed by atoms with Crippen molar-refractivity contribution in [2.24, 2.45) is 5.92 Å². The van der Waals surface area contributed by atoms with Crippen LogP contribution in [0.3, 0.4) is 0 Å². The molecule has 1 fully saturated rings. The van der Waals surface area contributed by atoms with E-state index in [0.717, 1.165) is 31.6 Å². The van der Waals surface area contributed by atoms with Crippen molar-refractivity contribution in [2.75, 3.05) is 20.3 Å². The molecule has 2 atom stereocenters. The monoisotopic (exact) mass is 223 g/mol. The van der Waals surface area contributed by atoms with E-state index in [1.54, 1.807) is 0 Å². The molecular weight excluding hydrogens is 205 g/mol. The van der Waals surface area contributed by atoms with Crippen LogP contribution in [0, 0.1) is 11.7 Å². The molecule has 1 aliphatic heterocycles. The first-order valence-electron chi connectivity index (χ1n) is 5.80. The van der Waals surface area contributed by atoms with Crippen LogP contribution in [0.5, 0.6) is 0 Å². The maximum atomic E-state index is 12.8. The van der Waals surface area contributed by atoms with Gasteiger partial charge >= 0.3 is 0 Å². The molecule has 16 heavy (non-hydrogen) atoms. The van der Waals surface area contributed by atoms with Gasteiger partial charge in [-0.15, -0.1) is 0 Å². The van der Waals surface area contributed by atoms with Gasteiger partial charge in [0.1, 0.15) is 5.82 Å². The first-order valence-corrected chi connectivity index (χ1v) is 5.80. The number of hydrogen-bond donors (Lipinski definition) is 1. The highest BCUT2D eigenvalue weighted by Gasteiger charge is 2.20. The largest absolute Gasteiger partial charge is 0.381 e. The van der Waals surface area contributed by atoms with Crippen LogP contribution >= 0.6 is 0 Å². The molecule has 0 radical (unpaired) electrons. The van der Waals surface area contributed by atoms with Gasteiger partial charge in [-0.25, -0.2) is 4.39 Å². The van der Waals surface area contributed by atoms with Gasteiger partial charge < -0.3 is 10.1 Å². The second kappa shape index (κ2) is 5.41. The number of rotatable bonds is 4. The third-order valence-corrected chi connectivity index (χ3v) is 3.21. The van der Waals surface area contributed by atoms with Gasteiger partial charge in [0.2, 0.25) is 0 Å². The molecular formula is C13H18FNO. The lowest BCUT2D eigenvalue weighted by Crippen LogP contribution is -2.20. The summed E-state index contributed by atoms with van der Waals surface area (Å²) in [5.74, 6) is 0.449. The molecule has 0 saturated carbocycles. The summed E-state index contributed by atoms with van der Waals surface area (Å²) in [7, 11) is 1.95. The van der Waals surface area contributed by atoms with Crippen molar-refractivity contribution in [3.8, 4) is 0 Å². The second-order valence-corrected chi connectivity index (χ2v) is 4.36. The number of nitrogens with one attached hydrogen (secondary N) is 1. The van der Waals surface area contributed by atoms with Gasteiger partial charge in [0.05, 0.1) is 0 Å². The molecule has 1 aliphatic rings. The van der Waals surface area contributed by atoms with Crippen molar-refractivity contribution < 1.29 is 9.13 Å². The van der Waals surface area contributed by atoms with E-state index >= 15 is 0 Å². The van der Waals surface area contributed by atoms with Crippen LogP contribution in [-0.4, -0.2) is 20.3 Å². The molecule has 0 amide bonds. The van der Waals surface area contributed by atoms with E-state index in [1.807, 2.05) is 19.2 Å². The van der Waals surface area contributed by atoms with E-state index in [2.05, 4.69) is 5.32 Å². The number of ether oxygens (including phenoxy) is 1. The molecule has 0 bridgehead atoms. The zero-order valence-corrected chi connectivity index (χ0v) is 9.58. The highest BCUT2D eigenvalue weighted by Crippen LogP contribution is 2.26. The predicted molar refractivity (Wildman–Crippen MR) is 61.7 cm³/mol. The summed E-state index contributed by atoms with van der Waals surface area (Å²) >= 11 is 0. The first kappa shape index (κ1) is 11.6. The van der Waals surface area contributed by atoms with Gasteiger partial charge in [-0.2, -0.15) is 0 Å². The molecule has 2 nitrogen and oxygen atoms in total. The van der Waals surface area contributed by atoms with Crippen molar-refractivity contribution in [1.82, 2.24) is 5.32 Å². The van der Waals surface area contributed by atoms with Crippen LogP contribution in [0.1, 0.15) is 24.4 Å². The fourth-order valence-electron chi connectivity index (χ4n) is 2.22. The molecule has 1 heterocycles. The van der Waals surface area contributed by atoms with E-state index < -0.39 is 0 Å². The van der Waals surface area contributed by atoms with Crippen molar-refractivity contribution >= 4 is 0 Å². The molecule has 88 valence electrons. The Kier molecular flexibility index (Phi) is 3.91. The third kappa shape index (κ3) is 2.80. The van der Waals surface area contributed by atoms with E-state index in [4.69, 9.17) is 4.74 Å². The molecule has 0 spiro atoms. The molecule has 2 rings (SSSR count). The lowest BCUT2D eigenvalue weighted by atomic mass is 9.94. The summed E-state index contributed by atoms with van der Waals surface area (Å²) in [6, 6.07) is 7.04. The number of halogens is 1. The number of benzene rings is 1. The lowest BCUT2D eigenvalue weighted by Gasteiger charge is -2.19. The Morgan fingerprint density at radius 1 is 1.44 bits per heavy atom. The van der Waals surface area contributed by atoms with E-state index in [0.29, 0.717) is 12.0 Å². The second-order valence-electron chi connectivity index (χ2n) is 4.36. The summed E-state index contributed by atoms with van der Waals surface area (Å²) in [5.41, 5.74) is 1.15. The Bertz CT molecular complexity index is 319. The smallest absolute Gasteiger partial charge is 0.123 e. The van der Waals surface area contributed by atoms with Crippen LogP contribution in [0.25, 0.3) is 0 Å². The molecule has 2 unspecified atom stereocenters. The maximum Gasteiger partial charge on any atom is 0.123 e. The fraction of sp³-hybridized carbons (Fsp3) is 0.538. The zero-order valence-electron chi connectivity index (χ0n) is 9.58. The van der Waals surface area contributed by atoms with Gasteiger partial charge in [0, 0.05) is 19.3 Å². The molecule has 1 N–H and O–H groups in total. The topological polar surface area (TPSA) is 21.3 Å². The van der Waals surface area contributed by atoms with E-state index in [-0.39, 0.29) is 5.82 Å². The minimum atomic E-state index is -0.178. The zero-order chi connectivity index (χ0) is 11.4. The Morgan fingerprint density at radius 2 is 2.19 bits per heavy atom. The molecule has 0 aromatic heterocycles. The molecule has 3 heteroatoms. The van der Waals surface area contributed by atoms with Gasteiger partial charge in [-0.3, -0.25) is 0 Å². The normalized spacial score (nSPS) is 22.2. The molecule has 1 saturated heterocycles. The average Bonchev–Trinajstić information content (AvgIpc) is 2.80. The highest BCUT2D eigenvalue weighted by atomic mass is 19.1. The minimum absolute atomic E-state index is 0.178. The van der Waals surface area contributed by atoms with Crippen LogP contribution in [-0.2, 0) is 4.74 Å². The Balaban J connectivity index is 2.00. The summed E-state index contributed by atoms with van der Waals surface area (Å²) in [4.78, 5) is 0. The highest BCUT2D eigenvalue weighted by molar-refractivity contribution is 5.19. The molecule has 0 aliphatic carbocycles. The standard InChI is InChI=1S/C13H18FNO/c1-15-13(8-10-6-7-16-9-10)11-2-4-12(14)5-3-11/h2-5,10,13,15H,6-9H2,1H3. The quantitative estimate of drug-likeness (QED) is 0.846.